The fourth-order valence-electron chi connectivity index (χ4n) is 1.89. The number of aromatic hydroxyl groups is 1. The Balaban J connectivity index is 2.51. The highest BCUT2D eigenvalue weighted by atomic mass is 16.3. The third-order valence-corrected chi connectivity index (χ3v) is 2.79. The molecule has 0 bridgehead atoms. The first-order valence-electron chi connectivity index (χ1n) is 6.01. The van der Waals surface area contributed by atoms with Crippen LogP contribution in [-0.2, 0) is 6.42 Å². The second kappa shape index (κ2) is 5.04. The van der Waals surface area contributed by atoms with Crippen molar-refractivity contribution < 1.29 is 5.11 Å². The Hall–Kier alpha value is -2.10. The molecule has 0 spiro atoms. The van der Waals surface area contributed by atoms with Gasteiger partial charge in [0.15, 0.2) is 0 Å². The van der Waals surface area contributed by atoms with E-state index in [2.05, 4.69) is 9.97 Å². The molecule has 1 heterocycles. The number of aryl methyl sites for hydroxylation is 1. The van der Waals surface area contributed by atoms with Gasteiger partial charge in [-0.15, -0.1) is 0 Å². The van der Waals surface area contributed by atoms with Gasteiger partial charge in [0.2, 0.25) is 5.88 Å². The Bertz CT molecular complexity index is 617. The average molecular weight is 244 g/mol. The van der Waals surface area contributed by atoms with Crippen molar-refractivity contribution >= 4 is 0 Å². The Morgan fingerprint density at radius 1 is 1.39 bits per heavy atom. The lowest BCUT2D eigenvalue weighted by Crippen LogP contribution is -2.15. The van der Waals surface area contributed by atoms with E-state index in [0.29, 0.717) is 17.8 Å². The topological polar surface area (TPSA) is 66.0 Å². The molecule has 0 radical (unpaired) electrons. The maximum atomic E-state index is 11.9. The van der Waals surface area contributed by atoms with Gasteiger partial charge in [0.05, 0.1) is 5.56 Å². The predicted octanol–water partition coefficient (Wildman–Crippen LogP) is 2.40. The summed E-state index contributed by atoms with van der Waals surface area (Å²) in [6.07, 6.45) is 1.32. The monoisotopic (exact) mass is 244 g/mol. The van der Waals surface area contributed by atoms with E-state index in [1.54, 1.807) is 0 Å². The van der Waals surface area contributed by atoms with Crippen LogP contribution in [0.5, 0.6) is 5.88 Å². The van der Waals surface area contributed by atoms with E-state index in [0.717, 1.165) is 17.5 Å². The molecule has 4 heteroatoms. The van der Waals surface area contributed by atoms with Gasteiger partial charge in [0, 0.05) is 5.56 Å². The van der Waals surface area contributed by atoms with Gasteiger partial charge in [-0.05, 0) is 19.4 Å². The number of aromatic amines is 1. The molecule has 2 rings (SSSR count). The summed E-state index contributed by atoms with van der Waals surface area (Å²) in [5, 5.41) is 9.80. The summed E-state index contributed by atoms with van der Waals surface area (Å²) >= 11 is 0. The molecule has 0 aliphatic rings. The van der Waals surface area contributed by atoms with Crippen molar-refractivity contribution in [3.05, 3.63) is 45.7 Å². The number of hydrogen-bond acceptors (Lipinski definition) is 3. The molecule has 94 valence electrons. The Morgan fingerprint density at radius 2 is 2.17 bits per heavy atom. The fraction of sp³-hybridized carbons (Fsp3) is 0.286. The number of H-pyrrole nitrogens is 1. The Kier molecular flexibility index (Phi) is 3.46. The molecule has 1 aromatic heterocycles. The Morgan fingerprint density at radius 3 is 2.78 bits per heavy atom. The van der Waals surface area contributed by atoms with Crippen LogP contribution in [0.4, 0.5) is 0 Å². The third kappa shape index (κ3) is 2.42. The number of benzene rings is 1. The minimum absolute atomic E-state index is 0.169. The third-order valence-electron chi connectivity index (χ3n) is 2.79. The first-order chi connectivity index (χ1) is 8.61. The fourth-order valence-corrected chi connectivity index (χ4v) is 1.89. The molecule has 18 heavy (non-hydrogen) atoms. The van der Waals surface area contributed by atoms with Gasteiger partial charge in [-0.3, -0.25) is 4.79 Å². The largest absolute Gasteiger partial charge is 0.493 e. The molecule has 1 aromatic carbocycles. The standard InChI is InChI=1S/C14H16N2O2/c1-3-5-11-13(17)15-12(16-14(11)18)10-7-4-6-9(2)8-10/h4,6-8H,3,5H2,1-2H3,(H2,15,16,17,18). The van der Waals surface area contributed by atoms with Crippen LogP contribution in [0, 0.1) is 6.92 Å². The summed E-state index contributed by atoms with van der Waals surface area (Å²) < 4.78 is 0. The van der Waals surface area contributed by atoms with Crippen molar-refractivity contribution in [1.29, 1.82) is 0 Å². The number of nitrogens with zero attached hydrogens (tertiary/aromatic N) is 1. The van der Waals surface area contributed by atoms with E-state index in [1.807, 2.05) is 38.1 Å². The van der Waals surface area contributed by atoms with Crippen molar-refractivity contribution in [1.82, 2.24) is 9.97 Å². The minimum Gasteiger partial charge on any atom is -0.493 e. The van der Waals surface area contributed by atoms with Gasteiger partial charge in [-0.25, -0.2) is 0 Å². The number of aromatic nitrogens is 2. The van der Waals surface area contributed by atoms with Gasteiger partial charge in [-0.1, -0.05) is 37.1 Å². The minimum atomic E-state index is -0.263. The smallest absolute Gasteiger partial charge is 0.258 e. The molecule has 2 N–H and O–H groups in total. The van der Waals surface area contributed by atoms with Crippen LogP contribution in [0.1, 0.15) is 24.5 Å². The van der Waals surface area contributed by atoms with E-state index < -0.39 is 0 Å². The lowest BCUT2D eigenvalue weighted by Gasteiger charge is -2.05. The van der Waals surface area contributed by atoms with Gasteiger partial charge < -0.3 is 10.1 Å². The van der Waals surface area contributed by atoms with Crippen LogP contribution in [0.25, 0.3) is 11.4 Å². The van der Waals surface area contributed by atoms with E-state index in [-0.39, 0.29) is 11.4 Å². The van der Waals surface area contributed by atoms with Gasteiger partial charge in [0.1, 0.15) is 5.82 Å². The number of nitrogens with one attached hydrogen (secondary N) is 1. The molecule has 0 atom stereocenters. The highest BCUT2D eigenvalue weighted by Crippen LogP contribution is 2.19. The van der Waals surface area contributed by atoms with Crippen LogP contribution in [0.3, 0.4) is 0 Å². The maximum Gasteiger partial charge on any atom is 0.258 e. The molecule has 0 aliphatic carbocycles. The van der Waals surface area contributed by atoms with Crippen LogP contribution < -0.4 is 5.56 Å². The second-order valence-corrected chi connectivity index (χ2v) is 4.34. The molecule has 2 aromatic rings. The number of rotatable bonds is 3. The molecule has 0 fully saturated rings. The zero-order valence-corrected chi connectivity index (χ0v) is 10.5. The van der Waals surface area contributed by atoms with Crippen molar-refractivity contribution in [3.63, 3.8) is 0 Å². The molecular formula is C14H16N2O2. The summed E-state index contributed by atoms with van der Waals surface area (Å²) in [6, 6.07) is 7.62. The first-order valence-corrected chi connectivity index (χ1v) is 6.01. The predicted molar refractivity (Wildman–Crippen MR) is 70.7 cm³/mol. The van der Waals surface area contributed by atoms with Gasteiger partial charge in [-0.2, -0.15) is 4.98 Å². The molecular weight excluding hydrogens is 228 g/mol. The molecule has 0 amide bonds. The molecule has 4 nitrogen and oxygen atoms in total. The lowest BCUT2D eigenvalue weighted by molar-refractivity contribution is 0.443. The van der Waals surface area contributed by atoms with Crippen molar-refractivity contribution in [2.45, 2.75) is 26.7 Å². The number of hydrogen-bond donors (Lipinski definition) is 2. The molecule has 0 saturated heterocycles. The highest BCUT2D eigenvalue weighted by Gasteiger charge is 2.10. The maximum absolute atomic E-state index is 11.9. The summed E-state index contributed by atoms with van der Waals surface area (Å²) in [5.41, 5.74) is 1.97. The second-order valence-electron chi connectivity index (χ2n) is 4.34. The summed E-state index contributed by atoms with van der Waals surface area (Å²) in [6.45, 7) is 3.92. The SMILES string of the molecule is CCCc1c(O)nc(-c2cccc(C)c2)[nH]c1=O. The summed E-state index contributed by atoms with van der Waals surface area (Å²) in [4.78, 5) is 18.6. The molecule has 0 unspecified atom stereocenters. The highest BCUT2D eigenvalue weighted by molar-refractivity contribution is 5.56. The van der Waals surface area contributed by atoms with Crippen molar-refractivity contribution in [2.24, 2.45) is 0 Å². The summed E-state index contributed by atoms with van der Waals surface area (Å²) in [7, 11) is 0. The van der Waals surface area contributed by atoms with E-state index in [1.165, 1.54) is 0 Å². The average Bonchev–Trinajstić information content (AvgIpc) is 2.33. The zero-order valence-electron chi connectivity index (χ0n) is 10.5. The van der Waals surface area contributed by atoms with Crippen LogP contribution in [0.2, 0.25) is 0 Å². The van der Waals surface area contributed by atoms with Crippen molar-refractivity contribution in [2.75, 3.05) is 0 Å². The first kappa shape index (κ1) is 12.4. The lowest BCUT2D eigenvalue weighted by atomic mass is 10.1. The molecule has 0 saturated carbocycles. The quantitative estimate of drug-likeness (QED) is 0.871. The zero-order chi connectivity index (χ0) is 13.1. The Labute approximate surface area is 105 Å². The summed E-state index contributed by atoms with van der Waals surface area (Å²) in [5.74, 6) is 0.234. The molecule has 0 aliphatic heterocycles. The van der Waals surface area contributed by atoms with Gasteiger partial charge >= 0.3 is 0 Å². The normalized spacial score (nSPS) is 10.6. The van der Waals surface area contributed by atoms with Crippen molar-refractivity contribution in [3.8, 4) is 17.3 Å². The van der Waals surface area contributed by atoms with E-state index in [4.69, 9.17) is 0 Å². The van der Waals surface area contributed by atoms with Crippen LogP contribution >= 0.6 is 0 Å². The van der Waals surface area contributed by atoms with E-state index in [9.17, 15) is 9.90 Å². The van der Waals surface area contributed by atoms with Gasteiger partial charge in [0.25, 0.3) is 5.56 Å². The van der Waals surface area contributed by atoms with E-state index >= 15 is 0 Å². The van der Waals surface area contributed by atoms with Crippen LogP contribution in [0.15, 0.2) is 29.1 Å². The van der Waals surface area contributed by atoms with Crippen LogP contribution in [-0.4, -0.2) is 15.1 Å².